The van der Waals surface area contributed by atoms with Crippen LogP contribution in [0, 0.1) is 0 Å². The maximum absolute atomic E-state index is 12.6. The third-order valence-electron chi connectivity index (χ3n) is 3.12. The number of nitrogens with zero attached hydrogens (tertiary/aromatic N) is 1. The van der Waals surface area contributed by atoms with Crippen LogP contribution >= 0.6 is 0 Å². The van der Waals surface area contributed by atoms with Gasteiger partial charge in [-0.2, -0.15) is 4.31 Å². The summed E-state index contributed by atoms with van der Waals surface area (Å²) in [4.78, 5) is 0.282. The molecule has 0 radical (unpaired) electrons. The van der Waals surface area contributed by atoms with Crippen molar-refractivity contribution < 1.29 is 8.42 Å². The molecule has 0 heterocycles. The Morgan fingerprint density at radius 2 is 1.89 bits per heavy atom. The number of hydrogen-bond acceptors (Lipinski definition) is 3. The highest BCUT2D eigenvalue weighted by atomic mass is 32.2. The van der Waals surface area contributed by atoms with E-state index in [1.54, 1.807) is 18.2 Å². The minimum atomic E-state index is -3.46. The van der Waals surface area contributed by atoms with Gasteiger partial charge in [0.2, 0.25) is 10.0 Å². The number of benzene rings is 1. The van der Waals surface area contributed by atoms with Gasteiger partial charge in [0.05, 0.1) is 4.90 Å². The van der Waals surface area contributed by atoms with Gasteiger partial charge in [0.15, 0.2) is 0 Å². The monoisotopic (exact) mass is 284 g/mol. The zero-order valence-corrected chi connectivity index (χ0v) is 13.0. The van der Waals surface area contributed by atoms with Gasteiger partial charge in [-0.15, -0.1) is 0 Å². The highest BCUT2D eigenvalue weighted by Crippen LogP contribution is 2.23. The van der Waals surface area contributed by atoms with Crippen LogP contribution in [0.4, 0.5) is 5.69 Å². The van der Waals surface area contributed by atoms with Crippen LogP contribution < -0.4 is 5.73 Å². The van der Waals surface area contributed by atoms with Crippen LogP contribution in [0.25, 0.3) is 0 Å². The molecule has 5 heteroatoms. The molecule has 0 saturated carbocycles. The third kappa shape index (κ3) is 3.48. The first-order valence-corrected chi connectivity index (χ1v) is 8.18. The summed E-state index contributed by atoms with van der Waals surface area (Å²) in [5.74, 6) is 0. The van der Waals surface area contributed by atoms with Crippen molar-refractivity contribution in [1.29, 1.82) is 0 Å². The van der Waals surface area contributed by atoms with Crippen molar-refractivity contribution in [2.24, 2.45) is 0 Å². The molecule has 0 unspecified atom stereocenters. The van der Waals surface area contributed by atoms with Crippen molar-refractivity contribution in [3.63, 3.8) is 0 Å². The van der Waals surface area contributed by atoms with E-state index in [0.717, 1.165) is 18.4 Å². The number of aryl methyl sites for hydroxylation is 1. The molecule has 0 fully saturated rings. The van der Waals surface area contributed by atoms with E-state index in [0.29, 0.717) is 12.2 Å². The Bertz CT molecular complexity index is 524. The number of nitrogens with two attached hydrogens (primary N) is 1. The van der Waals surface area contributed by atoms with E-state index in [-0.39, 0.29) is 10.9 Å². The minimum Gasteiger partial charge on any atom is -0.398 e. The molecule has 0 atom stereocenters. The lowest BCUT2D eigenvalue weighted by molar-refractivity contribution is 0.354. The molecule has 1 aromatic rings. The van der Waals surface area contributed by atoms with Gasteiger partial charge in [0.1, 0.15) is 0 Å². The first-order chi connectivity index (χ1) is 8.84. The lowest BCUT2D eigenvalue weighted by Crippen LogP contribution is -2.37. The minimum absolute atomic E-state index is 0.0583. The second-order valence-electron chi connectivity index (χ2n) is 4.92. The van der Waals surface area contributed by atoms with Gasteiger partial charge in [-0.05, 0) is 44.4 Å². The second kappa shape index (κ2) is 6.39. The quantitative estimate of drug-likeness (QED) is 0.817. The number of anilines is 1. The zero-order valence-electron chi connectivity index (χ0n) is 12.2. The normalized spacial score (nSPS) is 12.3. The molecule has 0 aromatic heterocycles. The summed E-state index contributed by atoms with van der Waals surface area (Å²) in [5.41, 5.74) is 7.42. The van der Waals surface area contributed by atoms with Gasteiger partial charge in [0.25, 0.3) is 0 Å². The van der Waals surface area contributed by atoms with Crippen LogP contribution in [0.3, 0.4) is 0 Å². The summed E-state index contributed by atoms with van der Waals surface area (Å²) in [5, 5.41) is 0. The Balaban J connectivity index is 3.22. The van der Waals surface area contributed by atoms with Crippen molar-refractivity contribution in [2.45, 2.75) is 51.5 Å². The first kappa shape index (κ1) is 16.0. The SMILES string of the molecule is CCCN(C(C)C)S(=O)(=O)c1ccc(CC)c(N)c1. The largest absolute Gasteiger partial charge is 0.398 e. The zero-order chi connectivity index (χ0) is 14.6. The van der Waals surface area contributed by atoms with E-state index in [2.05, 4.69) is 0 Å². The average Bonchev–Trinajstić information content (AvgIpc) is 2.35. The molecule has 0 saturated heterocycles. The van der Waals surface area contributed by atoms with Gasteiger partial charge >= 0.3 is 0 Å². The summed E-state index contributed by atoms with van der Waals surface area (Å²) in [6, 6.07) is 4.96. The van der Waals surface area contributed by atoms with Crippen LogP contribution in [-0.2, 0) is 16.4 Å². The molecule has 1 rings (SSSR count). The van der Waals surface area contributed by atoms with Gasteiger partial charge in [0, 0.05) is 18.3 Å². The molecule has 0 aliphatic carbocycles. The van der Waals surface area contributed by atoms with Gasteiger partial charge in [-0.1, -0.05) is 19.9 Å². The van der Waals surface area contributed by atoms with Gasteiger partial charge in [-0.25, -0.2) is 8.42 Å². The van der Waals surface area contributed by atoms with Crippen LogP contribution in [0.1, 0.15) is 39.7 Å². The number of sulfonamides is 1. The topological polar surface area (TPSA) is 63.4 Å². The fraction of sp³-hybridized carbons (Fsp3) is 0.571. The predicted molar refractivity (Wildman–Crippen MR) is 79.6 cm³/mol. The Morgan fingerprint density at radius 1 is 1.26 bits per heavy atom. The molecule has 0 aliphatic heterocycles. The highest BCUT2D eigenvalue weighted by Gasteiger charge is 2.26. The van der Waals surface area contributed by atoms with Gasteiger partial charge < -0.3 is 5.73 Å². The van der Waals surface area contributed by atoms with Crippen LogP contribution in [-0.4, -0.2) is 25.3 Å². The van der Waals surface area contributed by atoms with E-state index in [1.165, 1.54) is 4.31 Å². The molecular formula is C14H24N2O2S. The third-order valence-corrected chi connectivity index (χ3v) is 5.20. The molecular weight excluding hydrogens is 260 g/mol. The molecule has 0 bridgehead atoms. The highest BCUT2D eigenvalue weighted by molar-refractivity contribution is 7.89. The lowest BCUT2D eigenvalue weighted by atomic mass is 10.1. The van der Waals surface area contributed by atoms with E-state index in [1.807, 2.05) is 27.7 Å². The van der Waals surface area contributed by atoms with Crippen molar-refractivity contribution in [1.82, 2.24) is 4.31 Å². The summed E-state index contributed by atoms with van der Waals surface area (Å²) < 4.78 is 26.7. The van der Waals surface area contributed by atoms with Crippen molar-refractivity contribution in [2.75, 3.05) is 12.3 Å². The summed E-state index contributed by atoms with van der Waals surface area (Å²) in [7, 11) is -3.46. The van der Waals surface area contributed by atoms with Crippen molar-refractivity contribution >= 4 is 15.7 Å². The Morgan fingerprint density at radius 3 is 2.32 bits per heavy atom. The second-order valence-corrected chi connectivity index (χ2v) is 6.81. The van der Waals surface area contributed by atoms with E-state index in [4.69, 9.17) is 5.73 Å². The maximum atomic E-state index is 12.6. The Kier molecular flexibility index (Phi) is 5.38. The summed E-state index contributed by atoms with van der Waals surface area (Å²) in [6.45, 7) is 8.26. The number of rotatable bonds is 6. The first-order valence-electron chi connectivity index (χ1n) is 6.74. The van der Waals surface area contributed by atoms with Crippen LogP contribution in [0.15, 0.2) is 23.1 Å². The molecule has 0 spiro atoms. The van der Waals surface area contributed by atoms with Crippen molar-refractivity contribution in [3.8, 4) is 0 Å². The van der Waals surface area contributed by atoms with Gasteiger partial charge in [-0.3, -0.25) is 0 Å². The van der Waals surface area contributed by atoms with E-state index in [9.17, 15) is 8.42 Å². The van der Waals surface area contributed by atoms with Crippen LogP contribution in [0.2, 0.25) is 0 Å². The number of hydrogen-bond donors (Lipinski definition) is 1. The number of nitrogen functional groups attached to an aromatic ring is 1. The molecule has 1 aromatic carbocycles. The molecule has 2 N–H and O–H groups in total. The molecule has 108 valence electrons. The standard InChI is InChI=1S/C14H24N2O2S/c1-5-9-16(11(3)4)19(17,18)13-8-7-12(6-2)14(15)10-13/h7-8,10-11H,5-6,9,15H2,1-4H3. The average molecular weight is 284 g/mol. The maximum Gasteiger partial charge on any atom is 0.243 e. The predicted octanol–water partition coefficient (Wildman–Crippen LogP) is 2.64. The Labute approximate surface area is 116 Å². The summed E-state index contributed by atoms with van der Waals surface area (Å²) in [6.07, 6.45) is 1.59. The fourth-order valence-electron chi connectivity index (χ4n) is 2.07. The lowest BCUT2D eigenvalue weighted by Gasteiger charge is -2.25. The Hall–Kier alpha value is -1.07. The smallest absolute Gasteiger partial charge is 0.243 e. The molecule has 4 nitrogen and oxygen atoms in total. The molecule has 0 aliphatic rings. The summed E-state index contributed by atoms with van der Waals surface area (Å²) >= 11 is 0. The van der Waals surface area contributed by atoms with Crippen LogP contribution in [0.5, 0.6) is 0 Å². The van der Waals surface area contributed by atoms with Crippen molar-refractivity contribution in [3.05, 3.63) is 23.8 Å². The molecule has 19 heavy (non-hydrogen) atoms. The molecule has 0 amide bonds. The fourth-order valence-corrected chi connectivity index (χ4v) is 3.83. The van der Waals surface area contributed by atoms with E-state index < -0.39 is 10.0 Å². The van der Waals surface area contributed by atoms with E-state index >= 15 is 0 Å².